The molecule has 0 saturated heterocycles. The van der Waals surface area contributed by atoms with Gasteiger partial charge in [-0.25, -0.2) is 22.1 Å². The predicted octanol–water partition coefficient (Wildman–Crippen LogP) is 5.22. The Hall–Kier alpha value is -3.69. The zero-order chi connectivity index (χ0) is 25.0. The number of carbonyl (C=O) groups excluding carboxylic acids is 1. The van der Waals surface area contributed by atoms with Crippen molar-refractivity contribution < 1.29 is 22.4 Å². The van der Waals surface area contributed by atoms with Crippen LogP contribution in [0.4, 0.5) is 17.6 Å². The summed E-state index contributed by atoms with van der Waals surface area (Å²) in [6.07, 6.45) is 4.22. The van der Waals surface area contributed by atoms with Gasteiger partial charge in [-0.15, -0.1) is 0 Å². The number of amides is 1. The van der Waals surface area contributed by atoms with Gasteiger partial charge in [-0.1, -0.05) is 13.8 Å². The Labute approximate surface area is 198 Å². The molecule has 3 aromatic heterocycles. The first-order valence-corrected chi connectivity index (χ1v) is 11.4. The largest absolute Gasteiger partial charge is 0.327 e. The molecule has 0 spiro atoms. The van der Waals surface area contributed by atoms with E-state index in [4.69, 9.17) is 0 Å². The molecule has 1 aliphatic rings. The first kappa shape index (κ1) is 23.1. The first-order valence-electron chi connectivity index (χ1n) is 11.4. The Morgan fingerprint density at radius 2 is 1.80 bits per heavy atom. The van der Waals surface area contributed by atoms with Gasteiger partial charge >= 0.3 is 0 Å². The van der Waals surface area contributed by atoms with Crippen molar-refractivity contribution >= 4 is 11.4 Å². The molecule has 0 bridgehead atoms. The van der Waals surface area contributed by atoms with E-state index in [2.05, 4.69) is 10.2 Å². The number of pyridine rings is 1. The zero-order valence-electron chi connectivity index (χ0n) is 19.4. The van der Waals surface area contributed by atoms with Crippen molar-refractivity contribution in [2.24, 2.45) is 7.05 Å². The number of nitrogens with zero attached hydrogens (tertiary/aromatic N) is 5. The highest BCUT2D eigenvalue weighted by atomic mass is 19.2. The molecule has 4 heterocycles. The molecular formula is C25H23F4N5O. The maximum atomic E-state index is 14.0. The summed E-state index contributed by atoms with van der Waals surface area (Å²) in [5.41, 5.74) is 2.94. The highest BCUT2D eigenvalue weighted by Crippen LogP contribution is 2.41. The second-order valence-electron chi connectivity index (χ2n) is 8.73. The Morgan fingerprint density at radius 1 is 1.09 bits per heavy atom. The van der Waals surface area contributed by atoms with E-state index in [1.807, 2.05) is 13.8 Å². The smallest absolute Gasteiger partial charge is 0.258 e. The number of halogens is 4. The van der Waals surface area contributed by atoms with E-state index < -0.39 is 29.3 Å². The van der Waals surface area contributed by atoms with Gasteiger partial charge in [0.25, 0.3) is 5.91 Å². The SMILES string of the molecule is CCC1Cc2c(nn(C)c2-c2cc(F)c(F)c(F)c2)C(CC)N1C(=O)c1cnn2cc(F)ccc12. The fourth-order valence-electron chi connectivity index (χ4n) is 5.13. The number of hydrogen-bond acceptors (Lipinski definition) is 3. The van der Waals surface area contributed by atoms with E-state index in [0.29, 0.717) is 41.7 Å². The Morgan fingerprint density at radius 3 is 2.46 bits per heavy atom. The second-order valence-corrected chi connectivity index (χ2v) is 8.73. The third-order valence-corrected chi connectivity index (χ3v) is 6.72. The summed E-state index contributed by atoms with van der Waals surface area (Å²) in [5.74, 6) is -4.78. The van der Waals surface area contributed by atoms with Crippen LogP contribution in [0.15, 0.2) is 36.7 Å². The maximum absolute atomic E-state index is 14.0. The quantitative estimate of drug-likeness (QED) is 0.294. The van der Waals surface area contributed by atoms with E-state index in [-0.39, 0.29) is 17.5 Å². The minimum Gasteiger partial charge on any atom is -0.327 e. The average Bonchev–Trinajstić information content (AvgIpc) is 3.40. The van der Waals surface area contributed by atoms with Crippen LogP contribution >= 0.6 is 0 Å². The molecule has 0 fully saturated rings. The highest BCUT2D eigenvalue weighted by molar-refractivity contribution is 6.01. The molecule has 6 nitrogen and oxygen atoms in total. The van der Waals surface area contributed by atoms with Gasteiger partial charge in [-0.3, -0.25) is 9.48 Å². The predicted molar refractivity (Wildman–Crippen MR) is 121 cm³/mol. The average molecular weight is 485 g/mol. The van der Waals surface area contributed by atoms with Crippen molar-refractivity contribution in [3.63, 3.8) is 0 Å². The lowest BCUT2D eigenvalue weighted by Crippen LogP contribution is -2.47. The Kier molecular flexibility index (Phi) is 5.61. The van der Waals surface area contributed by atoms with Gasteiger partial charge in [0.05, 0.1) is 40.9 Å². The molecule has 2 unspecified atom stereocenters. The molecule has 0 radical (unpaired) electrons. The molecule has 1 amide bonds. The summed E-state index contributed by atoms with van der Waals surface area (Å²) in [6, 6.07) is 4.10. The van der Waals surface area contributed by atoms with E-state index in [0.717, 1.165) is 17.7 Å². The fourth-order valence-corrected chi connectivity index (χ4v) is 5.13. The van der Waals surface area contributed by atoms with Crippen LogP contribution in [0.25, 0.3) is 16.8 Å². The maximum Gasteiger partial charge on any atom is 0.258 e. The monoisotopic (exact) mass is 485 g/mol. The van der Waals surface area contributed by atoms with Crippen LogP contribution in [0.1, 0.15) is 54.3 Å². The Bertz CT molecular complexity index is 1440. The molecule has 182 valence electrons. The summed E-state index contributed by atoms with van der Waals surface area (Å²) >= 11 is 0. The molecule has 35 heavy (non-hydrogen) atoms. The minimum atomic E-state index is -1.52. The third kappa shape index (κ3) is 3.59. The van der Waals surface area contributed by atoms with Gasteiger partial charge in [0, 0.05) is 24.2 Å². The van der Waals surface area contributed by atoms with E-state index in [9.17, 15) is 22.4 Å². The van der Waals surface area contributed by atoms with Crippen LogP contribution in [-0.2, 0) is 13.5 Å². The molecular weight excluding hydrogens is 462 g/mol. The summed E-state index contributed by atoms with van der Waals surface area (Å²) in [5, 5.41) is 8.76. The first-order chi connectivity index (χ1) is 16.7. The van der Waals surface area contributed by atoms with Crippen molar-refractivity contribution in [1.29, 1.82) is 0 Å². The van der Waals surface area contributed by atoms with Crippen molar-refractivity contribution in [3.8, 4) is 11.3 Å². The van der Waals surface area contributed by atoms with E-state index in [1.54, 1.807) is 11.9 Å². The minimum absolute atomic E-state index is 0.187. The van der Waals surface area contributed by atoms with Gasteiger partial charge in [0.2, 0.25) is 0 Å². The lowest BCUT2D eigenvalue weighted by atomic mass is 9.87. The number of benzene rings is 1. The van der Waals surface area contributed by atoms with Crippen molar-refractivity contribution in [2.75, 3.05) is 0 Å². The van der Waals surface area contributed by atoms with Crippen LogP contribution in [0.5, 0.6) is 0 Å². The van der Waals surface area contributed by atoms with Crippen molar-refractivity contribution in [2.45, 2.75) is 45.2 Å². The number of carbonyl (C=O) groups is 1. The molecule has 1 aliphatic heterocycles. The normalized spacial score (nSPS) is 17.7. The number of fused-ring (bicyclic) bond motifs is 2. The third-order valence-electron chi connectivity index (χ3n) is 6.72. The number of aryl methyl sites for hydroxylation is 1. The number of rotatable bonds is 4. The molecule has 5 rings (SSSR count). The van der Waals surface area contributed by atoms with Gasteiger partial charge < -0.3 is 4.90 Å². The van der Waals surface area contributed by atoms with Gasteiger partial charge in [0.15, 0.2) is 17.5 Å². The summed E-state index contributed by atoms with van der Waals surface area (Å²) in [4.78, 5) is 15.6. The standard InChI is InChI=1S/C25H23F4N5O/c1-4-15-10-16-23(31-32(3)24(16)13-8-18(27)22(29)19(28)9-13)20(5-2)34(15)25(35)17-11-30-33-12-14(26)6-7-21(17)33/h6-9,11-12,15,20H,4-5,10H2,1-3H3. The molecule has 4 aromatic rings. The van der Waals surface area contributed by atoms with E-state index in [1.165, 1.54) is 33.7 Å². The van der Waals surface area contributed by atoms with Crippen molar-refractivity contribution in [1.82, 2.24) is 24.3 Å². The van der Waals surface area contributed by atoms with Gasteiger partial charge in [0.1, 0.15) is 5.82 Å². The van der Waals surface area contributed by atoms with Gasteiger partial charge in [-0.05, 0) is 43.5 Å². The molecule has 2 atom stereocenters. The highest BCUT2D eigenvalue weighted by Gasteiger charge is 2.40. The summed E-state index contributed by atoms with van der Waals surface area (Å²) in [6.45, 7) is 3.89. The summed E-state index contributed by atoms with van der Waals surface area (Å²) in [7, 11) is 1.66. The van der Waals surface area contributed by atoms with Crippen LogP contribution in [0.3, 0.4) is 0 Å². The van der Waals surface area contributed by atoms with E-state index >= 15 is 0 Å². The topological polar surface area (TPSA) is 55.4 Å². The van der Waals surface area contributed by atoms with Crippen LogP contribution in [-0.4, -0.2) is 36.2 Å². The van der Waals surface area contributed by atoms with Crippen LogP contribution in [0.2, 0.25) is 0 Å². The number of aromatic nitrogens is 4. The second kappa shape index (κ2) is 8.51. The lowest BCUT2D eigenvalue weighted by molar-refractivity contribution is 0.0515. The Balaban J connectivity index is 1.62. The zero-order valence-corrected chi connectivity index (χ0v) is 19.4. The molecule has 10 heteroatoms. The molecule has 0 aliphatic carbocycles. The van der Waals surface area contributed by atoms with Gasteiger partial charge in [-0.2, -0.15) is 10.2 Å². The van der Waals surface area contributed by atoms with Crippen LogP contribution < -0.4 is 0 Å². The molecule has 1 aromatic carbocycles. The lowest BCUT2D eigenvalue weighted by Gasteiger charge is -2.41. The van der Waals surface area contributed by atoms with Crippen molar-refractivity contribution in [3.05, 3.63) is 76.7 Å². The molecule has 0 saturated carbocycles. The fraction of sp³-hybridized carbons (Fsp3) is 0.320. The number of hydrogen-bond donors (Lipinski definition) is 0. The summed E-state index contributed by atoms with van der Waals surface area (Å²) < 4.78 is 58.1. The van der Waals surface area contributed by atoms with Crippen LogP contribution in [0, 0.1) is 23.3 Å². The molecule has 0 N–H and O–H groups in total.